The Kier molecular flexibility index (Phi) is 5.87. The number of carbonyl (C=O) groups is 1. The normalized spacial score (nSPS) is 11.7. The predicted octanol–water partition coefficient (Wildman–Crippen LogP) is 3.21. The van der Waals surface area contributed by atoms with Gasteiger partial charge in [-0.1, -0.05) is 19.9 Å². The summed E-state index contributed by atoms with van der Waals surface area (Å²) in [5.41, 5.74) is 0.686. The van der Waals surface area contributed by atoms with Crippen LogP contribution in [0.3, 0.4) is 0 Å². The lowest BCUT2D eigenvalue weighted by Gasteiger charge is -2.12. The Morgan fingerprint density at radius 2 is 2.21 bits per heavy atom. The van der Waals surface area contributed by atoms with Gasteiger partial charge in [-0.3, -0.25) is 4.79 Å². The number of anilines is 1. The fourth-order valence-electron chi connectivity index (χ4n) is 1.89. The Morgan fingerprint density at radius 1 is 1.47 bits per heavy atom. The topological polar surface area (TPSA) is 62.1 Å². The smallest absolute Gasteiger partial charge is 0.225 e. The molecule has 1 amide bonds. The van der Waals surface area contributed by atoms with Crippen molar-refractivity contribution in [3.05, 3.63) is 24.3 Å². The minimum atomic E-state index is -0.231. The first-order valence-corrected chi connectivity index (χ1v) is 6.38. The minimum absolute atomic E-state index is 0.138. The monoisotopic (exact) mass is 260 g/mol. The first-order valence-electron chi connectivity index (χ1n) is 6.38. The second kappa shape index (κ2) is 7.42. The molecule has 0 spiro atoms. The van der Waals surface area contributed by atoms with Crippen LogP contribution in [0.4, 0.5) is 5.69 Å². The van der Waals surface area contributed by atoms with Gasteiger partial charge in [0.2, 0.25) is 5.91 Å². The molecule has 0 bridgehead atoms. The van der Waals surface area contributed by atoms with E-state index in [1.54, 1.807) is 19.2 Å². The highest BCUT2D eigenvalue weighted by Crippen LogP contribution is 2.19. The summed E-state index contributed by atoms with van der Waals surface area (Å²) >= 11 is 0. The van der Waals surface area contributed by atoms with Crippen molar-refractivity contribution in [3.63, 3.8) is 0 Å². The van der Waals surface area contributed by atoms with Crippen LogP contribution in [0.2, 0.25) is 0 Å². The minimum Gasteiger partial charge on any atom is -0.497 e. The zero-order valence-corrected chi connectivity index (χ0v) is 11.6. The molecule has 102 valence electrons. The highest BCUT2D eigenvalue weighted by Gasteiger charge is 2.15. The average molecular weight is 260 g/mol. The van der Waals surface area contributed by atoms with Crippen LogP contribution in [-0.2, 0) is 4.79 Å². The maximum absolute atomic E-state index is 11.9. The number of nitrogens with one attached hydrogen (secondary N) is 1. The lowest BCUT2D eigenvalue weighted by Crippen LogP contribution is -2.16. The molecule has 0 aliphatic carbocycles. The highest BCUT2D eigenvalue weighted by atomic mass is 16.5. The van der Waals surface area contributed by atoms with Gasteiger partial charge >= 0.3 is 0 Å². The average Bonchev–Trinajstić information content (AvgIpc) is 2.37. The van der Waals surface area contributed by atoms with Gasteiger partial charge in [0.15, 0.2) is 0 Å². The molecule has 0 heterocycles. The van der Waals surface area contributed by atoms with E-state index in [-0.39, 0.29) is 18.2 Å². The molecule has 1 N–H and O–H groups in total. The van der Waals surface area contributed by atoms with Crippen LogP contribution >= 0.6 is 0 Å². The molecule has 0 aliphatic heterocycles. The van der Waals surface area contributed by atoms with Gasteiger partial charge in [-0.2, -0.15) is 5.26 Å². The van der Waals surface area contributed by atoms with Crippen molar-refractivity contribution in [1.29, 1.82) is 5.26 Å². The van der Waals surface area contributed by atoms with Crippen molar-refractivity contribution in [2.24, 2.45) is 11.8 Å². The van der Waals surface area contributed by atoms with Crippen molar-refractivity contribution < 1.29 is 9.53 Å². The van der Waals surface area contributed by atoms with E-state index in [9.17, 15) is 4.79 Å². The summed E-state index contributed by atoms with van der Waals surface area (Å²) < 4.78 is 5.09. The molecule has 1 rings (SSSR count). The third-order valence-corrected chi connectivity index (χ3v) is 2.72. The van der Waals surface area contributed by atoms with Crippen LogP contribution in [0, 0.1) is 23.2 Å². The SMILES string of the molecule is COc1cccc(NC(=O)CC(C#N)CC(C)C)c1. The molecular weight excluding hydrogens is 240 g/mol. The van der Waals surface area contributed by atoms with E-state index in [4.69, 9.17) is 10.00 Å². The van der Waals surface area contributed by atoms with Crippen molar-refractivity contribution in [2.45, 2.75) is 26.7 Å². The fourth-order valence-corrected chi connectivity index (χ4v) is 1.89. The quantitative estimate of drug-likeness (QED) is 0.854. The van der Waals surface area contributed by atoms with Gasteiger partial charge < -0.3 is 10.1 Å². The zero-order chi connectivity index (χ0) is 14.3. The number of hydrogen-bond acceptors (Lipinski definition) is 3. The van der Waals surface area contributed by atoms with Crippen molar-refractivity contribution in [3.8, 4) is 11.8 Å². The molecule has 1 aromatic rings. The summed E-state index contributed by atoms with van der Waals surface area (Å²) in [4.78, 5) is 11.9. The number of ether oxygens (including phenoxy) is 1. The van der Waals surface area contributed by atoms with Crippen LogP contribution in [0.1, 0.15) is 26.7 Å². The molecule has 19 heavy (non-hydrogen) atoms. The number of benzene rings is 1. The molecule has 0 saturated heterocycles. The molecule has 0 radical (unpaired) electrons. The van der Waals surface area contributed by atoms with Gasteiger partial charge in [-0.25, -0.2) is 0 Å². The lowest BCUT2D eigenvalue weighted by atomic mass is 9.95. The van der Waals surface area contributed by atoms with Gasteiger partial charge in [0.05, 0.1) is 19.1 Å². The van der Waals surface area contributed by atoms with Crippen molar-refractivity contribution >= 4 is 11.6 Å². The number of nitrogens with zero attached hydrogens (tertiary/aromatic N) is 1. The number of carbonyl (C=O) groups excluding carboxylic acids is 1. The maximum Gasteiger partial charge on any atom is 0.225 e. The molecule has 1 atom stereocenters. The molecule has 0 aliphatic rings. The number of hydrogen-bond donors (Lipinski definition) is 1. The number of nitriles is 1. The van der Waals surface area contributed by atoms with Crippen LogP contribution in [-0.4, -0.2) is 13.0 Å². The van der Waals surface area contributed by atoms with Crippen LogP contribution in [0.15, 0.2) is 24.3 Å². The van der Waals surface area contributed by atoms with E-state index in [1.807, 2.05) is 26.0 Å². The largest absolute Gasteiger partial charge is 0.497 e. The van der Waals surface area contributed by atoms with Crippen LogP contribution in [0.25, 0.3) is 0 Å². The Morgan fingerprint density at radius 3 is 2.79 bits per heavy atom. The van der Waals surface area contributed by atoms with Gasteiger partial charge in [-0.15, -0.1) is 0 Å². The molecule has 0 fully saturated rings. The molecule has 1 unspecified atom stereocenters. The maximum atomic E-state index is 11.9. The second-order valence-electron chi connectivity index (χ2n) is 4.94. The first kappa shape index (κ1) is 15.0. The van der Waals surface area contributed by atoms with Gasteiger partial charge in [0.25, 0.3) is 0 Å². The second-order valence-corrected chi connectivity index (χ2v) is 4.94. The number of methoxy groups -OCH3 is 1. The van der Waals surface area contributed by atoms with Crippen molar-refractivity contribution in [2.75, 3.05) is 12.4 Å². The van der Waals surface area contributed by atoms with Gasteiger partial charge in [0, 0.05) is 18.2 Å². The van der Waals surface area contributed by atoms with E-state index < -0.39 is 0 Å². The lowest BCUT2D eigenvalue weighted by molar-refractivity contribution is -0.116. The van der Waals surface area contributed by atoms with E-state index >= 15 is 0 Å². The Labute approximate surface area is 114 Å². The number of amides is 1. The summed E-state index contributed by atoms with van der Waals surface area (Å²) in [6.07, 6.45) is 0.966. The Bertz CT molecular complexity index is 463. The van der Waals surface area contributed by atoms with Gasteiger partial charge in [-0.05, 0) is 24.5 Å². The standard InChI is InChI=1S/C15H20N2O2/c1-11(2)7-12(10-16)8-15(18)17-13-5-4-6-14(9-13)19-3/h4-6,9,11-12H,7-8H2,1-3H3,(H,17,18). The summed E-state index contributed by atoms with van der Waals surface area (Å²) in [6.45, 7) is 4.09. The van der Waals surface area contributed by atoms with E-state index in [1.165, 1.54) is 0 Å². The highest BCUT2D eigenvalue weighted by molar-refractivity contribution is 5.91. The summed E-state index contributed by atoms with van der Waals surface area (Å²) in [7, 11) is 1.58. The van der Waals surface area contributed by atoms with Crippen LogP contribution in [0.5, 0.6) is 5.75 Å². The van der Waals surface area contributed by atoms with Gasteiger partial charge in [0.1, 0.15) is 5.75 Å². The molecule has 1 aromatic carbocycles. The molecule has 4 nitrogen and oxygen atoms in total. The summed E-state index contributed by atoms with van der Waals surface area (Å²) in [5.74, 6) is 0.733. The predicted molar refractivity (Wildman–Crippen MR) is 74.8 cm³/mol. The van der Waals surface area contributed by atoms with Crippen molar-refractivity contribution in [1.82, 2.24) is 0 Å². The zero-order valence-electron chi connectivity index (χ0n) is 11.6. The molecule has 0 aromatic heterocycles. The Balaban J connectivity index is 2.57. The molecule has 0 saturated carbocycles. The molecule has 4 heteroatoms. The summed E-state index contributed by atoms with van der Waals surface area (Å²) in [5, 5.41) is 11.8. The van der Waals surface area contributed by atoms with Crippen LogP contribution < -0.4 is 10.1 Å². The molecular formula is C15H20N2O2. The van der Waals surface area contributed by atoms with E-state index in [2.05, 4.69) is 11.4 Å². The van der Waals surface area contributed by atoms with E-state index in [0.717, 1.165) is 6.42 Å². The third-order valence-electron chi connectivity index (χ3n) is 2.72. The van der Waals surface area contributed by atoms with E-state index in [0.29, 0.717) is 17.4 Å². The third kappa shape index (κ3) is 5.43. The number of rotatable bonds is 6. The first-order chi connectivity index (χ1) is 9.05. The Hall–Kier alpha value is -2.02. The fraction of sp³-hybridized carbons (Fsp3) is 0.467. The summed E-state index contributed by atoms with van der Waals surface area (Å²) in [6, 6.07) is 9.36.